The van der Waals surface area contributed by atoms with E-state index in [1.165, 1.54) is 0 Å². The number of ether oxygens (including phenoxy) is 2. The van der Waals surface area contributed by atoms with Gasteiger partial charge in [-0.15, -0.1) is 0 Å². The van der Waals surface area contributed by atoms with Gasteiger partial charge in [-0.05, 0) is 25.0 Å². The summed E-state index contributed by atoms with van der Waals surface area (Å²) in [5.41, 5.74) is 7.88. The molecule has 2 aliphatic heterocycles. The van der Waals surface area contributed by atoms with Gasteiger partial charge in [-0.2, -0.15) is 0 Å². The molecule has 0 aliphatic carbocycles. The number of amides is 1. The fourth-order valence-corrected chi connectivity index (χ4v) is 4.23. The van der Waals surface area contributed by atoms with E-state index in [1.54, 1.807) is 0 Å². The first-order valence-electron chi connectivity index (χ1n) is 11.0. The first-order valence-corrected chi connectivity index (χ1v) is 11.4. The highest BCUT2D eigenvalue weighted by Crippen LogP contribution is 2.35. The zero-order valence-corrected chi connectivity index (χ0v) is 19.0. The van der Waals surface area contributed by atoms with Crippen LogP contribution in [0, 0.1) is 0 Å². The van der Waals surface area contributed by atoms with Crippen molar-refractivity contribution in [1.82, 2.24) is 14.9 Å². The van der Waals surface area contributed by atoms with E-state index in [-0.39, 0.29) is 16.7 Å². The number of aromatic nitrogens is 2. The highest BCUT2D eigenvalue weighted by atomic mass is 35.5. The van der Waals surface area contributed by atoms with Gasteiger partial charge in [0.05, 0.1) is 31.1 Å². The Labute approximate surface area is 192 Å². The Hall–Kier alpha value is -2.62. The van der Waals surface area contributed by atoms with E-state index in [0.717, 1.165) is 69.5 Å². The average molecular weight is 461 g/mol. The fourth-order valence-electron chi connectivity index (χ4n) is 3.97. The lowest BCUT2D eigenvalue weighted by Gasteiger charge is -2.33. The third-order valence-corrected chi connectivity index (χ3v) is 5.98. The second-order valence-electron chi connectivity index (χ2n) is 7.83. The van der Waals surface area contributed by atoms with Crippen molar-refractivity contribution in [2.45, 2.75) is 19.8 Å². The van der Waals surface area contributed by atoms with E-state index in [2.05, 4.69) is 25.1 Å². The van der Waals surface area contributed by atoms with Crippen LogP contribution in [0.5, 0.6) is 5.75 Å². The largest absolute Gasteiger partial charge is 0.489 e. The minimum atomic E-state index is -0.660. The van der Waals surface area contributed by atoms with E-state index in [9.17, 15) is 4.79 Å². The number of primary amides is 1. The highest BCUT2D eigenvalue weighted by Gasteiger charge is 2.21. The molecular formula is C22H29ClN6O3. The van der Waals surface area contributed by atoms with E-state index < -0.39 is 5.91 Å². The molecule has 3 heterocycles. The number of anilines is 3. The molecule has 4 rings (SSSR count). The van der Waals surface area contributed by atoms with Gasteiger partial charge >= 0.3 is 0 Å². The van der Waals surface area contributed by atoms with Gasteiger partial charge in [0.2, 0.25) is 0 Å². The normalized spacial score (nSPS) is 16.4. The van der Waals surface area contributed by atoms with Gasteiger partial charge < -0.3 is 25.4 Å². The van der Waals surface area contributed by atoms with Gasteiger partial charge in [0, 0.05) is 37.9 Å². The zero-order valence-electron chi connectivity index (χ0n) is 18.3. The fraction of sp³-hybridized carbons (Fsp3) is 0.500. The quantitative estimate of drug-likeness (QED) is 0.618. The van der Waals surface area contributed by atoms with Crippen LogP contribution in [0.1, 0.15) is 29.5 Å². The number of hydrogen-bond donors (Lipinski definition) is 2. The number of nitrogens with zero attached hydrogens (tertiary/aromatic N) is 4. The van der Waals surface area contributed by atoms with Gasteiger partial charge in [0.1, 0.15) is 12.4 Å². The van der Waals surface area contributed by atoms with Crippen LogP contribution in [0.25, 0.3) is 0 Å². The summed E-state index contributed by atoms with van der Waals surface area (Å²) in [6, 6.07) is 5.85. The summed E-state index contributed by atoms with van der Waals surface area (Å²) in [4.78, 5) is 25.3. The summed E-state index contributed by atoms with van der Waals surface area (Å²) in [6.45, 7) is 9.06. The van der Waals surface area contributed by atoms with Crippen LogP contribution in [-0.4, -0.2) is 73.3 Å². The van der Waals surface area contributed by atoms with Crippen LogP contribution >= 0.6 is 11.6 Å². The molecule has 1 aromatic carbocycles. The standard InChI is InChI=1S/C22H29ClN6O3/c1-2-16-20(23)27-22(19(26-16)21(24)30)25-15-4-5-17-18(14-15)32-13-10-29(17)7-3-6-28-8-11-31-12-9-28/h4-5,14H,2-3,6-13H2,1H3,(H2,24,30)(H,25,27). The Morgan fingerprint density at radius 2 is 2.00 bits per heavy atom. The average Bonchev–Trinajstić information content (AvgIpc) is 2.80. The van der Waals surface area contributed by atoms with Crippen molar-refractivity contribution in [3.8, 4) is 5.75 Å². The number of aryl methyl sites for hydroxylation is 1. The molecule has 10 heteroatoms. The molecule has 0 bridgehead atoms. The van der Waals surface area contributed by atoms with E-state index in [1.807, 2.05) is 25.1 Å². The monoisotopic (exact) mass is 460 g/mol. The smallest absolute Gasteiger partial charge is 0.271 e. The molecule has 1 fully saturated rings. The molecule has 2 aliphatic rings. The van der Waals surface area contributed by atoms with Gasteiger partial charge in [-0.1, -0.05) is 18.5 Å². The molecular weight excluding hydrogens is 432 g/mol. The van der Waals surface area contributed by atoms with Crippen molar-refractivity contribution < 1.29 is 14.3 Å². The van der Waals surface area contributed by atoms with Crippen molar-refractivity contribution in [2.24, 2.45) is 5.73 Å². The van der Waals surface area contributed by atoms with Crippen molar-refractivity contribution in [3.05, 3.63) is 34.7 Å². The first kappa shape index (κ1) is 22.6. The second-order valence-corrected chi connectivity index (χ2v) is 8.18. The molecule has 2 aromatic rings. The van der Waals surface area contributed by atoms with Gasteiger partial charge in [0.15, 0.2) is 16.7 Å². The number of fused-ring (bicyclic) bond motifs is 1. The predicted octanol–water partition coefficient (Wildman–Crippen LogP) is 2.46. The van der Waals surface area contributed by atoms with E-state index in [0.29, 0.717) is 18.7 Å². The Balaban J connectivity index is 1.45. The number of morpholine rings is 1. The molecule has 1 aromatic heterocycles. The van der Waals surface area contributed by atoms with E-state index in [4.69, 9.17) is 26.8 Å². The number of rotatable bonds is 8. The number of hydrogen-bond acceptors (Lipinski definition) is 8. The molecule has 32 heavy (non-hydrogen) atoms. The predicted molar refractivity (Wildman–Crippen MR) is 124 cm³/mol. The molecule has 172 valence electrons. The van der Waals surface area contributed by atoms with Crippen LogP contribution in [0.15, 0.2) is 18.2 Å². The maximum atomic E-state index is 11.9. The van der Waals surface area contributed by atoms with Crippen molar-refractivity contribution in [3.63, 3.8) is 0 Å². The molecule has 0 saturated carbocycles. The van der Waals surface area contributed by atoms with Crippen LogP contribution in [0.2, 0.25) is 5.15 Å². The Bertz CT molecular complexity index is 967. The number of benzene rings is 1. The Morgan fingerprint density at radius 1 is 1.19 bits per heavy atom. The summed E-state index contributed by atoms with van der Waals surface area (Å²) in [7, 11) is 0. The maximum absolute atomic E-state index is 11.9. The Kier molecular flexibility index (Phi) is 7.29. The van der Waals surface area contributed by atoms with Crippen LogP contribution < -0.4 is 20.7 Å². The second kappa shape index (κ2) is 10.3. The topological polar surface area (TPSA) is 106 Å². The van der Waals surface area contributed by atoms with Gasteiger partial charge in [0.25, 0.3) is 5.91 Å². The van der Waals surface area contributed by atoms with Crippen molar-refractivity contribution in [1.29, 1.82) is 0 Å². The molecule has 0 unspecified atom stereocenters. The number of nitrogens with two attached hydrogens (primary N) is 1. The van der Waals surface area contributed by atoms with Gasteiger partial charge in [-0.3, -0.25) is 9.69 Å². The third kappa shape index (κ3) is 5.23. The molecule has 1 amide bonds. The number of halogens is 1. The minimum Gasteiger partial charge on any atom is -0.489 e. The van der Waals surface area contributed by atoms with Crippen LogP contribution in [0.4, 0.5) is 17.2 Å². The Morgan fingerprint density at radius 3 is 2.75 bits per heavy atom. The molecule has 1 saturated heterocycles. The summed E-state index contributed by atoms with van der Waals surface area (Å²) < 4.78 is 11.3. The van der Waals surface area contributed by atoms with Crippen molar-refractivity contribution in [2.75, 3.05) is 62.8 Å². The van der Waals surface area contributed by atoms with E-state index >= 15 is 0 Å². The third-order valence-electron chi connectivity index (χ3n) is 5.68. The first-order chi connectivity index (χ1) is 15.5. The summed E-state index contributed by atoms with van der Waals surface area (Å²) in [5.74, 6) is 0.363. The highest BCUT2D eigenvalue weighted by molar-refractivity contribution is 6.30. The molecule has 0 atom stereocenters. The number of carbonyl (C=O) groups excluding carboxylic acids is 1. The zero-order chi connectivity index (χ0) is 22.5. The van der Waals surface area contributed by atoms with Gasteiger partial charge in [-0.25, -0.2) is 9.97 Å². The minimum absolute atomic E-state index is 0.0645. The maximum Gasteiger partial charge on any atom is 0.271 e. The summed E-state index contributed by atoms with van der Waals surface area (Å²) in [5, 5.41) is 3.37. The number of carbonyl (C=O) groups is 1. The molecule has 0 radical (unpaired) electrons. The summed E-state index contributed by atoms with van der Waals surface area (Å²) in [6.07, 6.45) is 1.64. The lowest BCUT2D eigenvalue weighted by atomic mass is 10.2. The van der Waals surface area contributed by atoms with Crippen LogP contribution in [0.3, 0.4) is 0 Å². The lowest BCUT2D eigenvalue weighted by Crippen LogP contribution is -2.39. The summed E-state index contributed by atoms with van der Waals surface area (Å²) >= 11 is 6.20. The lowest BCUT2D eigenvalue weighted by molar-refractivity contribution is 0.0376. The molecule has 0 spiro atoms. The molecule has 9 nitrogen and oxygen atoms in total. The van der Waals surface area contributed by atoms with Crippen molar-refractivity contribution >= 4 is 34.7 Å². The SMILES string of the molecule is CCc1nc(C(N)=O)c(Nc2ccc3c(c2)OCCN3CCCN2CCOCC2)nc1Cl. The number of nitrogens with one attached hydrogen (secondary N) is 1. The molecule has 3 N–H and O–H groups in total. The van der Waals surface area contributed by atoms with Crippen LogP contribution in [-0.2, 0) is 11.2 Å².